The molecule has 0 bridgehead atoms. The van der Waals surface area contributed by atoms with Crippen molar-refractivity contribution in [2.45, 2.75) is 12.6 Å². The number of nitrogens with one attached hydrogen (secondary N) is 2. The molecule has 0 spiro atoms. The maximum Gasteiger partial charge on any atom is 0.315 e. The van der Waals surface area contributed by atoms with Crippen LogP contribution in [-0.2, 0) is 6.54 Å². The molecular weight excluding hydrogens is 319 g/mol. The van der Waals surface area contributed by atoms with Crippen LogP contribution in [-0.4, -0.2) is 22.1 Å². The second-order valence-corrected chi connectivity index (χ2v) is 5.56. The summed E-state index contributed by atoms with van der Waals surface area (Å²) in [7, 11) is 0. The highest BCUT2D eigenvalue weighted by Crippen LogP contribution is 2.20. The third kappa shape index (κ3) is 4.67. The van der Waals surface area contributed by atoms with E-state index in [1.807, 2.05) is 47.3 Å². The van der Waals surface area contributed by atoms with E-state index in [-0.39, 0.29) is 11.8 Å². The molecule has 0 fully saturated rings. The Morgan fingerprint density at radius 1 is 1.08 bits per heavy atom. The number of pyridine rings is 1. The van der Waals surface area contributed by atoms with Crippen molar-refractivity contribution in [1.29, 1.82) is 0 Å². The van der Waals surface area contributed by atoms with Crippen LogP contribution >= 0.6 is 0 Å². The van der Waals surface area contributed by atoms with Crippen molar-refractivity contribution in [2.24, 2.45) is 0 Å². The van der Waals surface area contributed by atoms with Gasteiger partial charge in [0, 0.05) is 31.7 Å². The first kappa shape index (κ1) is 16.7. The molecule has 0 radical (unpaired) electrons. The van der Waals surface area contributed by atoms with E-state index in [4.69, 9.17) is 0 Å². The van der Waals surface area contributed by atoms with E-state index in [0.29, 0.717) is 18.8 Å². The summed E-state index contributed by atoms with van der Waals surface area (Å²) in [4.78, 5) is 16.6. The van der Waals surface area contributed by atoms with Crippen molar-refractivity contribution >= 4 is 6.03 Å². The molecule has 0 saturated heterocycles. The van der Waals surface area contributed by atoms with Gasteiger partial charge in [0.25, 0.3) is 0 Å². The van der Waals surface area contributed by atoms with Gasteiger partial charge < -0.3 is 15.2 Å². The number of aromatic nitrogens is 2. The van der Waals surface area contributed by atoms with Gasteiger partial charge in [0.1, 0.15) is 5.82 Å². The highest BCUT2D eigenvalue weighted by atomic mass is 19.1. The van der Waals surface area contributed by atoms with E-state index >= 15 is 0 Å². The van der Waals surface area contributed by atoms with Crippen molar-refractivity contribution in [2.75, 3.05) is 6.54 Å². The molecule has 2 heterocycles. The third-order valence-corrected chi connectivity index (χ3v) is 3.78. The molecular formula is C19H19FN4O. The van der Waals surface area contributed by atoms with Crippen molar-refractivity contribution in [1.82, 2.24) is 20.2 Å². The zero-order chi connectivity index (χ0) is 17.5. The Bertz CT molecular complexity index is 788. The number of urea groups is 1. The molecule has 2 aromatic heterocycles. The van der Waals surface area contributed by atoms with Gasteiger partial charge in [0.2, 0.25) is 0 Å². The second kappa shape index (κ2) is 8.10. The quantitative estimate of drug-likeness (QED) is 0.725. The summed E-state index contributed by atoms with van der Waals surface area (Å²) in [6, 6.07) is 14.6. The first-order valence-electron chi connectivity index (χ1n) is 8.04. The Kier molecular flexibility index (Phi) is 5.41. The van der Waals surface area contributed by atoms with E-state index in [1.165, 1.54) is 12.1 Å². The highest BCUT2D eigenvalue weighted by Gasteiger charge is 2.17. The average molecular weight is 338 g/mol. The number of benzene rings is 1. The fourth-order valence-corrected chi connectivity index (χ4v) is 2.53. The van der Waals surface area contributed by atoms with Gasteiger partial charge in [-0.15, -0.1) is 0 Å². The summed E-state index contributed by atoms with van der Waals surface area (Å²) in [5.74, 6) is -0.320. The molecule has 0 aliphatic carbocycles. The van der Waals surface area contributed by atoms with Crippen molar-refractivity contribution < 1.29 is 9.18 Å². The van der Waals surface area contributed by atoms with E-state index in [0.717, 1.165) is 5.56 Å². The number of rotatable bonds is 6. The molecule has 0 aliphatic heterocycles. The fraction of sp³-hybridized carbons (Fsp3) is 0.158. The van der Waals surface area contributed by atoms with Crippen LogP contribution in [0.25, 0.3) is 0 Å². The molecule has 3 rings (SSSR count). The van der Waals surface area contributed by atoms with Crippen molar-refractivity contribution in [3.63, 3.8) is 0 Å². The molecule has 0 saturated carbocycles. The zero-order valence-corrected chi connectivity index (χ0v) is 13.6. The summed E-state index contributed by atoms with van der Waals surface area (Å²) in [6.45, 7) is 1.18. The number of hydrogen-bond donors (Lipinski definition) is 2. The topological polar surface area (TPSA) is 59.0 Å². The van der Waals surface area contributed by atoms with Crippen LogP contribution in [0, 0.1) is 5.82 Å². The van der Waals surface area contributed by atoms with E-state index in [1.54, 1.807) is 18.3 Å². The summed E-state index contributed by atoms with van der Waals surface area (Å²) in [5.41, 5.74) is 1.45. The van der Waals surface area contributed by atoms with Crippen LogP contribution in [0.5, 0.6) is 0 Å². The lowest BCUT2D eigenvalue weighted by atomic mass is 10.0. The lowest BCUT2D eigenvalue weighted by molar-refractivity contribution is 0.238. The van der Waals surface area contributed by atoms with Crippen LogP contribution in [0.15, 0.2) is 73.2 Å². The van der Waals surface area contributed by atoms with Gasteiger partial charge in [0.05, 0.1) is 11.7 Å². The van der Waals surface area contributed by atoms with Crippen LogP contribution in [0.2, 0.25) is 0 Å². The zero-order valence-electron chi connectivity index (χ0n) is 13.6. The Labute approximate surface area is 145 Å². The summed E-state index contributed by atoms with van der Waals surface area (Å²) in [5, 5.41) is 5.73. The second-order valence-electron chi connectivity index (χ2n) is 5.56. The number of carbonyl (C=O) groups is 1. The SMILES string of the molecule is O=C(NCCn1cccc1)N[C@@H](c1ccc(F)cc1)c1ccccn1. The van der Waals surface area contributed by atoms with E-state index in [2.05, 4.69) is 15.6 Å². The molecule has 25 heavy (non-hydrogen) atoms. The molecule has 2 N–H and O–H groups in total. The minimum atomic E-state index is -0.451. The molecule has 0 unspecified atom stereocenters. The fourth-order valence-electron chi connectivity index (χ4n) is 2.53. The predicted molar refractivity (Wildman–Crippen MR) is 93.4 cm³/mol. The standard InChI is InChI=1S/C19H19FN4O/c20-16-8-6-15(7-9-16)18(17-5-1-2-10-21-17)23-19(25)22-11-14-24-12-3-4-13-24/h1-10,12-13,18H,11,14H2,(H2,22,23,25)/t18-/m0/s1. The molecule has 1 aromatic carbocycles. The van der Waals surface area contributed by atoms with Crippen LogP contribution in [0.1, 0.15) is 17.3 Å². The Morgan fingerprint density at radius 3 is 2.52 bits per heavy atom. The van der Waals surface area contributed by atoms with Gasteiger partial charge >= 0.3 is 6.03 Å². The number of nitrogens with zero attached hydrogens (tertiary/aromatic N) is 2. The lowest BCUT2D eigenvalue weighted by Crippen LogP contribution is -2.39. The first-order chi connectivity index (χ1) is 12.2. The van der Waals surface area contributed by atoms with Crippen LogP contribution < -0.4 is 10.6 Å². The maximum absolute atomic E-state index is 13.2. The number of carbonyl (C=O) groups excluding carboxylic acids is 1. The van der Waals surface area contributed by atoms with Crippen LogP contribution in [0.3, 0.4) is 0 Å². The molecule has 0 aliphatic rings. The molecule has 2 amide bonds. The Balaban J connectivity index is 1.67. The monoisotopic (exact) mass is 338 g/mol. The minimum absolute atomic E-state index is 0.299. The minimum Gasteiger partial charge on any atom is -0.353 e. The van der Waals surface area contributed by atoms with Crippen molar-refractivity contribution in [3.8, 4) is 0 Å². The lowest BCUT2D eigenvalue weighted by Gasteiger charge is -2.19. The van der Waals surface area contributed by atoms with Gasteiger partial charge in [-0.05, 0) is 42.0 Å². The van der Waals surface area contributed by atoms with Gasteiger partial charge in [-0.1, -0.05) is 18.2 Å². The highest BCUT2D eigenvalue weighted by molar-refractivity contribution is 5.74. The Hall–Kier alpha value is -3.15. The molecule has 5 nitrogen and oxygen atoms in total. The van der Waals surface area contributed by atoms with E-state index < -0.39 is 6.04 Å². The number of halogens is 1. The molecule has 128 valence electrons. The van der Waals surface area contributed by atoms with Gasteiger partial charge in [-0.3, -0.25) is 4.98 Å². The molecule has 6 heteroatoms. The summed E-state index contributed by atoms with van der Waals surface area (Å²) >= 11 is 0. The van der Waals surface area contributed by atoms with E-state index in [9.17, 15) is 9.18 Å². The normalized spacial score (nSPS) is 11.7. The predicted octanol–water partition coefficient (Wildman–Crippen LogP) is 3.11. The smallest absolute Gasteiger partial charge is 0.315 e. The van der Waals surface area contributed by atoms with Gasteiger partial charge in [0.15, 0.2) is 0 Å². The van der Waals surface area contributed by atoms with Crippen molar-refractivity contribution in [3.05, 3.63) is 90.3 Å². The Morgan fingerprint density at radius 2 is 1.84 bits per heavy atom. The largest absolute Gasteiger partial charge is 0.353 e. The van der Waals surface area contributed by atoms with Crippen LogP contribution in [0.4, 0.5) is 9.18 Å². The number of amides is 2. The first-order valence-corrected chi connectivity index (χ1v) is 8.04. The summed E-state index contributed by atoms with van der Waals surface area (Å²) < 4.78 is 15.2. The summed E-state index contributed by atoms with van der Waals surface area (Å²) in [6.07, 6.45) is 5.54. The average Bonchev–Trinajstić information content (AvgIpc) is 3.15. The number of hydrogen-bond acceptors (Lipinski definition) is 2. The maximum atomic E-state index is 13.2. The van der Waals surface area contributed by atoms with Gasteiger partial charge in [-0.25, -0.2) is 9.18 Å². The third-order valence-electron chi connectivity index (χ3n) is 3.78. The molecule has 1 atom stereocenters. The molecule has 3 aromatic rings. The van der Waals surface area contributed by atoms with Gasteiger partial charge in [-0.2, -0.15) is 0 Å².